The highest BCUT2D eigenvalue weighted by Crippen LogP contribution is 2.28. The second kappa shape index (κ2) is 2.75. The molecule has 0 amide bonds. The third-order valence-corrected chi connectivity index (χ3v) is 2.60. The fourth-order valence-corrected chi connectivity index (χ4v) is 1.87. The van der Waals surface area contributed by atoms with Crippen molar-refractivity contribution < 1.29 is 9.23 Å². The van der Waals surface area contributed by atoms with E-state index in [1.807, 2.05) is 13.0 Å². The Balaban J connectivity index is 2.33. The number of fused-ring (bicyclic) bond motifs is 3. The molecule has 0 saturated heterocycles. The Morgan fingerprint density at radius 3 is 3.20 bits per heavy atom. The van der Waals surface area contributed by atoms with Gasteiger partial charge in [-0.2, -0.15) is 10.2 Å². The molecule has 3 rings (SSSR count). The number of nitrogens with one attached hydrogen (secondary N) is 1. The van der Waals surface area contributed by atoms with Gasteiger partial charge in [-0.1, -0.05) is 9.79 Å². The van der Waals surface area contributed by atoms with E-state index in [1.165, 1.54) is 0 Å². The molecule has 6 heteroatoms. The predicted octanol–water partition coefficient (Wildman–Crippen LogP) is 0.386. The number of H-pyrrole nitrogens is 1. The summed E-state index contributed by atoms with van der Waals surface area (Å²) in [7, 11) is 0. The van der Waals surface area contributed by atoms with Crippen LogP contribution in [0.4, 0.5) is 0 Å². The summed E-state index contributed by atoms with van der Waals surface area (Å²) < 4.78 is 5.22. The Morgan fingerprint density at radius 2 is 2.33 bits per heavy atom. The summed E-state index contributed by atoms with van der Waals surface area (Å²) in [6, 6.07) is 1.91. The van der Waals surface area contributed by atoms with E-state index in [9.17, 15) is 4.91 Å². The first-order valence-corrected chi connectivity index (χ1v) is 4.72. The zero-order valence-corrected chi connectivity index (χ0v) is 8.15. The molecule has 0 spiro atoms. The van der Waals surface area contributed by atoms with Crippen molar-refractivity contribution in [2.75, 3.05) is 0 Å². The van der Waals surface area contributed by atoms with Crippen LogP contribution < -0.4 is 4.60 Å². The summed E-state index contributed by atoms with van der Waals surface area (Å²) in [5.41, 5.74) is 4.01. The van der Waals surface area contributed by atoms with E-state index in [0.29, 0.717) is 16.7 Å². The zero-order chi connectivity index (χ0) is 10.4. The molecule has 76 valence electrons. The first kappa shape index (κ1) is 8.34. The minimum atomic E-state index is 0.522. The van der Waals surface area contributed by atoms with Crippen molar-refractivity contribution in [3.8, 4) is 11.3 Å². The van der Waals surface area contributed by atoms with Crippen molar-refractivity contribution in [3.05, 3.63) is 28.1 Å². The molecule has 0 aromatic carbocycles. The molecule has 0 saturated carbocycles. The monoisotopic (exact) mass is 205 g/mol. The van der Waals surface area contributed by atoms with Gasteiger partial charge >= 0.3 is 0 Å². The van der Waals surface area contributed by atoms with Gasteiger partial charge in [0.15, 0.2) is 4.60 Å². The molecule has 0 fully saturated rings. The van der Waals surface area contributed by atoms with Crippen LogP contribution in [0.2, 0.25) is 0 Å². The molecular formula is C9H9N4O2+. The van der Waals surface area contributed by atoms with Gasteiger partial charge in [0.05, 0.1) is 17.0 Å². The molecule has 1 N–H and O–H groups in total. The maximum absolute atomic E-state index is 11.2. The Kier molecular flexibility index (Phi) is 1.53. The molecule has 2 aromatic rings. The molecule has 0 radical (unpaired) electrons. The number of rotatable bonds is 0. The number of nitrogens with zero attached hydrogens (tertiary/aromatic N) is 3. The molecule has 6 nitrogen and oxygen atoms in total. The smallest absolute Gasteiger partial charge is 0.156 e. The van der Waals surface area contributed by atoms with Gasteiger partial charge < -0.3 is 0 Å². The third kappa shape index (κ3) is 1.11. The van der Waals surface area contributed by atoms with Crippen molar-refractivity contribution in [2.24, 2.45) is 0 Å². The largest absolute Gasteiger partial charge is 0.250 e. The fraction of sp³-hybridized carbons (Fsp3) is 0.333. The molecule has 0 unspecified atom stereocenters. The molecule has 0 aliphatic heterocycles. The molecule has 2 aromatic heterocycles. The lowest BCUT2D eigenvalue weighted by atomic mass is 9.97. The van der Waals surface area contributed by atoms with Gasteiger partial charge in [0.25, 0.3) is 0 Å². The third-order valence-electron chi connectivity index (χ3n) is 2.60. The lowest BCUT2D eigenvalue weighted by Crippen LogP contribution is -2.20. The average Bonchev–Trinajstić information content (AvgIpc) is 2.61. The second-order valence-corrected chi connectivity index (χ2v) is 3.62. The molecule has 0 bridgehead atoms. The Hall–Kier alpha value is -1.98. The topological polar surface area (TPSA) is 77.7 Å². The minimum Gasteiger partial charge on any atom is -0.156 e. The van der Waals surface area contributed by atoms with Gasteiger partial charge in [-0.25, -0.2) is 0 Å². The standard InChI is InChI=1S/C9H9N4O2/c1-5-4-6-7(11-10-5)2-3-8-9(6)12-15-13(8)14/h4,12H,2-3H2,1H3/q+1. The van der Waals surface area contributed by atoms with Gasteiger partial charge in [0, 0.05) is 12.8 Å². The van der Waals surface area contributed by atoms with Crippen LogP contribution in [0.1, 0.15) is 17.1 Å². The minimum absolute atomic E-state index is 0.522. The Bertz CT molecular complexity index is 584. The molecule has 2 heterocycles. The van der Waals surface area contributed by atoms with Crippen LogP contribution in [0.5, 0.6) is 0 Å². The average molecular weight is 205 g/mol. The summed E-state index contributed by atoms with van der Waals surface area (Å²) in [6.07, 6.45) is 1.36. The normalized spacial score (nSPS) is 13.4. The summed E-state index contributed by atoms with van der Waals surface area (Å²) >= 11 is 0. The van der Waals surface area contributed by atoms with E-state index in [4.69, 9.17) is 4.63 Å². The van der Waals surface area contributed by atoms with E-state index in [0.717, 1.165) is 29.1 Å². The summed E-state index contributed by atoms with van der Waals surface area (Å²) in [5, 5.41) is 10.7. The quantitative estimate of drug-likeness (QED) is 0.674. The van der Waals surface area contributed by atoms with Gasteiger partial charge in [0.2, 0.25) is 11.4 Å². The second-order valence-electron chi connectivity index (χ2n) is 3.62. The number of hydrogen-bond donors (Lipinski definition) is 1. The molecule has 1 aliphatic carbocycles. The van der Waals surface area contributed by atoms with E-state index < -0.39 is 0 Å². The van der Waals surface area contributed by atoms with E-state index in [1.54, 1.807) is 0 Å². The predicted molar refractivity (Wildman–Crippen MR) is 49.6 cm³/mol. The van der Waals surface area contributed by atoms with Crippen LogP contribution in [0, 0.1) is 11.8 Å². The lowest BCUT2D eigenvalue weighted by molar-refractivity contribution is -0.719. The molecular weight excluding hydrogens is 196 g/mol. The molecule has 1 aliphatic rings. The highest BCUT2D eigenvalue weighted by Gasteiger charge is 2.29. The summed E-state index contributed by atoms with van der Waals surface area (Å²) in [4.78, 5) is 11.2. The van der Waals surface area contributed by atoms with Crippen LogP contribution >= 0.6 is 0 Å². The zero-order valence-electron chi connectivity index (χ0n) is 8.15. The van der Waals surface area contributed by atoms with Crippen LogP contribution in [-0.2, 0) is 12.8 Å². The molecule has 15 heavy (non-hydrogen) atoms. The highest BCUT2D eigenvalue weighted by molar-refractivity contribution is 5.65. The fourth-order valence-electron chi connectivity index (χ4n) is 1.87. The van der Waals surface area contributed by atoms with Crippen LogP contribution in [0.25, 0.3) is 11.3 Å². The first-order chi connectivity index (χ1) is 7.25. The van der Waals surface area contributed by atoms with Crippen molar-refractivity contribution in [1.29, 1.82) is 0 Å². The number of aryl methyl sites for hydroxylation is 2. The first-order valence-electron chi connectivity index (χ1n) is 4.72. The maximum Gasteiger partial charge on any atom is 0.250 e. The lowest BCUT2D eigenvalue weighted by Gasteiger charge is -2.08. The van der Waals surface area contributed by atoms with Crippen molar-refractivity contribution in [3.63, 3.8) is 0 Å². The Morgan fingerprint density at radius 1 is 1.47 bits per heavy atom. The molecule has 0 atom stereocenters. The van der Waals surface area contributed by atoms with Crippen molar-refractivity contribution >= 4 is 0 Å². The van der Waals surface area contributed by atoms with Crippen LogP contribution in [-0.4, -0.2) is 15.4 Å². The number of hydrogen-bond acceptors (Lipinski definition) is 4. The van der Waals surface area contributed by atoms with Crippen molar-refractivity contribution in [1.82, 2.24) is 15.4 Å². The van der Waals surface area contributed by atoms with E-state index >= 15 is 0 Å². The van der Waals surface area contributed by atoms with E-state index in [2.05, 4.69) is 15.4 Å². The highest BCUT2D eigenvalue weighted by atomic mass is 16.7. The van der Waals surface area contributed by atoms with Gasteiger partial charge in [-0.15, -0.1) is 0 Å². The number of aromatic nitrogens is 4. The van der Waals surface area contributed by atoms with Gasteiger partial charge in [0.1, 0.15) is 0 Å². The summed E-state index contributed by atoms with van der Waals surface area (Å²) in [5.74, 6) is 0. The van der Waals surface area contributed by atoms with Gasteiger partial charge in [-0.05, 0) is 17.9 Å². The maximum atomic E-state index is 11.2. The number of aromatic amines is 1. The Labute approximate surface area is 84.5 Å². The van der Waals surface area contributed by atoms with Gasteiger partial charge in [-0.3, -0.25) is 0 Å². The van der Waals surface area contributed by atoms with Crippen molar-refractivity contribution in [2.45, 2.75) is 19.8 Å². The summed E-state index contributed by atoms with van der Waals surface area (Å²) in [6.45, 7) is 1.87. The van der Waals surface area contributed by atoms with E-state index in [-0.39, 0.29) is 0 Å². The van der Waals surface area contributed by atoms with Crippen LogP contribution in [0.15, 0.2) is 10.7 Å². The SMILES string of the molecule is Cc1cc2c(nn1)CCc1c-2[nH]o[n+]1=O. The van der Waals surface area contributed by atoms with Crippen LogP contribution in [0.3, 0.4) is 0 Å².